The number of rotatable bonds is 5. The molecular formula is C23H34N6O. The second-order valence-corrected chi connectivity index (χ2v) is 9.35. The van der Waals surface area contributed by atoms with Crippen LogP contribution in [0, 0.1) is 0 Å². The van der Waals surface area contributed by atoms with E-state index in [1.54, 1.807) is 0 Å². The lowest BCUT2D eigenvalue weighted by Crippen LogP contribution is -2.47. The van der Waals surface area contributed by atoms with Gasteiger partial charge in [-0.05, 0) is 71.2 Å². The Balaban J connectivity index is 1.22. The van der Waals surface area contributed by atoms with Gasteiger partial charge in [-0.15, -0.1) is 0 Å². The molecule has 0 amide bonds. The minimum absolute atomic E-state index is 0.495. The van der Waals surface area contributed by atoms with E-state index >= 15 is 0 Å². The second kappa shape index (κ2) is 8.63. The van der Waals surface area contributed by atoms with Crippen molar-refractivity contribution in [1.82, 2.24) is 24.9 Å². The Morgan fingerprint density at radius 2 is 1.77 bits per heavy atom. The summed E-state index contributed by atoms with van der Waals surface area (Å²) in [6.07, 6.45) is 6.13. The normalized spacial score (nSPS) is 22.6. The first-order valence-electron chi connectivity index (χ1n) is 11.7. The highest BCUT2D eigenvalue weighted by Gasteiger charge is 2.30. The third-order valence-electron chi connectivity index (χ3n) is 6.94. The van der Waals surface area contributed by atoms with Crippen molar-refractivity contribution in [1.29, 1.82) is 0 Å². The topological polar surface area (TPSA) is 61.5 Å². The van der Waals surface area contributed by atoms with Gasteiger partial charge in [0, 0.05) is 44.2 Å². The fourth-order valence-electron chi connectivity index (χ4n) is 4.86. The molecule has 0 bridgehead atoms. The van der Waals surface area contributed by atoms with E-state index in [4.69, 9.17) is 9.51 Å². The van der Waals surface area contributed by atoms with Gasteiger partial charge < -0.3 is 14.3 Å². The fraction of sp³-hybridized carbons (Fsp3) is 0.696. The van der Waals surface area contributed by atoms with Crippen LogP contribution in [0.25, 0.3) is 11.6 Å². The summed E-state index contributed by atoms with van der Waals surface area (Å²) < 4.78 is 5.49. The van der Waals surface area contributed by atoms with Crippen molar-refractivity contribution < 1.29 is 4.52 Å². The summed E-state index contributed by atoms with van der Waals surface area (Å²) in [5.41, 5.74) is 0.786. The van der Waals surface area contributed by atoms with E-state index in [0.717, 1.165) is 43.0 Å². The number of pyridine rings is 1. The third-order valence-corrected chi connectivity index (χ3v) is 6.94. The molecule has 4 heterocycles. The summed E-state index contributed by atoms with van der Waals surface area (Å²) in [6.45, 7) is 11.5. The van der Waals surface area contributed by atoms with E-state index < -0.39 is 0 Å². The zero-order valence-corrected chi connectivity index (χ0v) is 18.3. The SMILES string of the molecule is CC(C)N1CCC(N2CCCN(c3cccc(-c4nc(C5CC5)no4)n3)CC2)CC1. The Hall–Kier alpha value is -1.99. The van der Waals surface area contributed by atoms with E-state index in [1.165, 1.54) is 51.7 Å². The quantitative estimate of drug-likeness (QED) is 0.749. The first-order chi connectivity index (χ1) is 14.7. The molecule has 162 valence electrons. The Morgan fingerprint density at radius 1 is 0.933 bits per heavy atom. The van der Waals surface area contributed by atoms with Crippen molar-refractivity contribution >= 4 is 5.82 Å². The van der Waals surface area contributed by atoms with Crippen molar-refractivity contribution in [3.05, 3.63) is 24.0 Å². The molecule has 0 N–H and O–H groups in total. The largest absolute Gasteiger partial charge is 0.355 e. The smallest absolute Gasteiger partial charge is 0.276 e. The molecule has 0 unspecified atom stereocenters. The van der Waals surface area contributed by atoms with Gasteiger partial charge in [0.1, 0.15) is 11.5 Å². The minimum atomic E-state index is 0.495. The van der Waals surface area contributed by atoms with Crippen molar-refractivity contribution in [3.8, 4) is 11.6 Å². The second-order valence-electron chi connectivity index (χ2n) is 9.35. The lowest BCUT2D eigenvalue weighted by atomic mass is 10.0. The zero-order valence-electron chi connectivity index (χ0n) is 18.3. The van der Waals surface area contributed by atoms with Crippen molar-refractivity contribution in [2.45, 2.75) is 64.0 Å². The Morgan fingerprint density at radius 3 is 2.53 bits per heavy atom. The highest BCUT2D eigenvalue weighted by molar-refractivity contribution is 5.52. The third kappa shape index (κ3) is 4.37. The average Bonchev–Trinajstić information content (AvgIpc) is 3.56. The van der Waals surface area contributed by atoms with Gasteiger partial charge in [-0.25, -0.2) is 4.98 Å². The van der Waals surface area contributed by atoms with Crippen LogP contribution in [0.4, 0.5) is 5.82 Å². The predicted molar refractivity (Wildman–Crippen MR) is 118 cm³/mol. The van der Waals surface area contributed by atoms with Gasteiger partial charge in [-0.1, -0.05) is 11.2 Å². The molecule has 0 atom stereocenters. The molecule has 3 aliphatic rings. The van der Waals surface area contributed by atoms with E-state index in [2.05, 4.69) is 50.8 Å². The summed E-state index contributed by atoms with van der Waals surface area (Å²) in [5.74, 6) is 2.91. The molecule has 1 aliphatic carbocycles. The number of hydrogen-bond donors (Lipinski definition) is 0. The van der Waals surface area contributed by atoms with E-state index in [9.17, 15) is 0 Å². The van der Waals surface area contributed by atoms with Crippen LogP contribution in [-0.2, 0) is 0 Å². The van der Waals surface area contributed by atoms with Crippen LogP contribution in [0.5, 0.6) is 0 Å². The highest BCUT2D eigenvalue weighted by atomic mass is 16.5. The maximum absolute atomic E-state index is 5.49. The predicted octanol–water partition coefficient (Wildman–Crippen LogP) is 3.39. The molecule has 0 radical (unpaired) electrons. The zero-order chi connectivity index (χ0) is 20.5. The first-order valence-corrected chi connectivity index (χ1v) is 11.7. The van der Waals surface area contributed by atoms with Gasteiger partial charge in [0.2, 0.25) is 0 Å². The number of anilines is 1. The molecule has 7 heteroatoms. The molecule has 0 spiro atoms. The molecule has 7 nitrogen and oxygen atoms in total. The first kappa shape index (κ1) is 19.9. The fourth-order valence-corrected chi connectivity index (χ4v) is 4.86. The van der Waals surface area contributed by atoms with Crippen LogP contribution >= 0.6 is 0 Å². The summed E-state index contributed by atoms with van der Waals surface area (Å²) >= 11 is 0. The molecule has 30 heavy (non-hydrogen) atoms. The van der Waals surface area contributed by atoms with Gasteiger partial charge in [-0.2, -0.15) is 4.98 Å². The molecule has 2 aromatic heterocycles. The monoisotopic (exact) mass is 410 g/mol. The van der Waals surface area contributed by atoms with Crippen molar-refractivity contribution in [2.75, 3.05) is 44.2 Å². The van der Waals surface area contributed by atoms with Crippen molar-refractivity contribution in [3.63, 3.8) is 0 Å². The Labute approximate surface area is 179 Å². The molecule has 5 rings (SSSR count). The van der Waals surface area contributed by atoms with Crippen LogP contribution in [-0.4, -0.2) is 76.3 Å². The van der Waals surface area contributed by atoms with E-state index in [1.807, 2.05) is 6.07 Å². The molecule has 2 saturated heterocycles. The summed E-state index contributed by atoms with van der Waals surface area (Å²) in [4.78, 5) is 17.2. The summed E-state index contributed by atoms with van der Waals surface area (Å²) in [7, 11) is 0. The van der Waals surface area contributed by atoms with Crippen LogP contribution in [0.2, 0.25) is 0 Å². The number of likely N-dealkylation sites (tertiary alicyclic amines) is 1. The standard InChI is InChI=1S/C23H34N6O/c1-17(2)27-13-9-19(10-14-27)28-11-4-12-29(16-15-28)21-6-3-5-20(24-21)23-25-22(26-30-23)18-7-8-18/h3,5-6,17-19H,4,7-16H2,1-2H3. The van der Waals surface area contributed by atoms with E-state index in [-0.39, 0.29) is 0 Å². The lowest BCUT2D eigenvalue weighted by molar-refractivity contribution is 0.0965. The summed E-state index contributed by atoms with van der Waals surface area (Å²) in [5, 5.41) is 4.14. The van der Waals surface area contributed by atoms with Crippen molar-refractivity contribution in [2.24, 2.45) is 0 Å². The van der Waals surface area contributed by atoms with Gasteiger partial charge in [0.25, 0.3) is 5.89 Å². The number of aromatic nitrogens is 3. The van der Waals surface area contributed by atoms with Crippen LogP contribution < -0.4 is 4.90 Å². The Bertz CT molecular complexity index is 840. The van der Waals surface area contributed by atoms with Crippen LogP contribution in [0.15, 0.2) is 22.7 Å². The molecule has 0 aromatic carbocycles. The highest BCUT2D eigenvalue weighted by Crippen LogP contribution is 2.38. The Kier molecular flexibility index (Phi) is 5.74. The number of piperidine rings is 1. The molecule has 1 saturated carbocycles. The molecule has 2 aliphatic heterocycles. The molecular weight excluding hydrogens is 376 g/mol. The number of hydrogen-bond acceptors (Lipinski definition) is 7. The van der Waals surface area contributed by atoms with Crippen LogP contribution in [0.1, 0.15) is 57.7 Å². The molecule has 3 fully saturated rings. The van der Waals surface area contributed by atoms with Gasteiger partial charge >= 0.3 is 0 Å². The van der Waals surface area contributed by atoms with Gasteiger partial charge in [0.15, 0.2) is 5.82 Å². The number of nitrogens with zero attached hydrogens (tertiary/aromatic N) is 6. The maximum atomic E-state index is 5.49. The maximum Gasteiger partial charge on any atom is 0.276 e. The van der Waals surface area contributed by atoms with Crippen LogP contribution in [0.3, 0.4) is 0 Å². The van der Waals surface area contributed by atoms with Gasteiger partial charge in [0.05, 0.1) is 0 Å². The average molecular weight is 411 g/mol. The van der Waals surface area contributed by atoms with Gasteiger partial charge in [-0.3, -0.25) is 4.90 Å². The summed E-state index contributed by atoms with van der Waals surface area (Å²) in [6, 6.07) is 7.54. The lowest BCUT2D eigenvalue weighted by Gasteiger charge is -2.39. The molecule has 2 aromatic rings. The van der Waals surface area contributed by atoms with E-state index in [0.29, 0.717) is 17.9 Å². The minimum Gasteiger partial charge on any atom is -0.355 e.